The number of carbonyl (C=O) groups is 1. The maximum Gasteiger partial charge on any atom is 0.285 e. The Morgan fingerprint density at radius 3 is 1.87 bits per heavy atom. The summed E-state index contributed by atoms with van der Waals surface area (Å²) < 4.78 is 50.3. The smallest absolute Gasteiger partial charge is 0.285 e. The molecule has 1 aliphatic carbocycles. The Hall–Kier alpha value is -4.13. The molecule has 4 aliphatic rings. The molecule has 7 rings (SSSR count). The lowest BCUT2D eigenvalue weighted by Crippen LogP contribution is -2.69. The van der Waals surface area contributed by atoms with Crippen molar-refractivity contribution in [2.45, 2.75) is 54.7 Å². The molecule has 0 radical (unpaired) electrons. The molecule has 0 spiro atoms. The molecule has 0 fully saturated rings. The predicted octanol–water partition coefficient (Wildman–Crippen LogP) is 4.21. The Kier molecular flexibility index (Phi) is 7.49. The van der Waals surface area contributed by atoms with Gasteiger partial charge in [0, 0.05) is 34.2 Å². The zero-order valence-corrected chi connectivity index (χ0v) is 26.1. The lowest BCUT2D eigenvalue weighted by atomic mass is 9.70. The van der Waals surface area contributed by atoms with Gasteiger partial charge in [-0.1, -0.05) is 60.7 Å². The first-order valence-electron chi connectivity index (χ1n) is 15.0. The number of ether oxygens (including phenoxy) is 8. The van der Waals surface area contributed by atoms with Crippen LogP contribution in [0.4, 0.5) is 0 Å². The second kappa shape index (κ2) is 11.3. The molecule has 1 unspecified atom stereocenters. The number of Topliss-reactive ketones (excluding diaryl/α,β-unsaturated/α-hetero) is 1. The first kappa shape index (κ1) is 30.5. The third-order valence-corrected chi connectivity index (χ3v) is 9.52. The van der Waals surface area contributed by atoms with Crippen LogP contribution >= 0.6 is 0 Å². The molecule has 46 heavy (non-hydrogen) atoms. The lowest BCUT2D eigenvalue weighted by molar-refractivity contribution is -0.310. The van der Waals surface area contributed by atoms with Crippen LogP contribution in [-0.4, -0.2) is 69.5 Å². The van der Waals surface area contributed by atoms with Crippen LogP contribution in [0.1, 0.15) is 53.4 Å². The van der Waals surface area contributed by atoms with E-state index in [0.717, 1.165) is 11.1 Å². The van der Waals surface area contributed by atoms with Gasteiger partial charge in [-0.05, 0) is 11.1 Å². The summed E-state index contributed by atoms with van der Waals surface area (Å²) in [6, 6.07) is 18.9. The van der Waals surface area contributed by atoms with Gasteiger partial charge in [0.1, 0.15) is 18.0 Å². The molecule has 0 amide bonds. The van der Waals surface area contributed by atoms with E-state index in [2.05, 4.69) is 0 Å². The second-order valence-corrected chi connectivity index (χ2v) is 11.6. The SMILES string of the molecule is COc1c2c(c3c(c1OC)C1(OC)C4=C(C(=O)[C@@H](OC)[C@@]1(OC)O3)[C@H](O)C[C@@H](c1ccccc1)O4)[C@H](O)C[C@@H](c1ccccc1)O2. The van der Waals surface area contributed by atoms with Crippen molar-refractivity contribution in [3.05, 3.63) is 94.2 Å². The van der Waals surface area contributed by atoms with Crippen molar-refractivity contribution < 1.29 is 52.9 Å². The Morgan fingerprint density at radius 2 is 1.33 bits per heavy atom. The zero-order valence-electron chi connectivity index (χ0n) is 26.1. The average molecular weight is 633 g/mol. The molecule has 0 bridgehead atoms. The highest BCUT2D eigenvalue weighted by atomic mass is 16.8. The van der Waals surface area contributed by atoms with E-state index in [1.54, 1.807) is 0 Å². The fraction of sp³-hybridized carbons (Fsp3) is 0.400. The number of fused-ring (bicyclic) bond motifs is 6. The van der Waals surface area contributed by atoms with Crippen LogP contribution in [0.2, 0.25) is 0 Å². The predicted molar refractivity (Wildman–Crippen MR) is 162 cm³/mol. The lowest BCUT2D eigenvalue weighted by Gasteiger charge is -2.51. The van der Waals surface area contributed by atoms with Crippen LogP contribution in [0.3, 0.4) is 0 Å². The molecule has 3 aromatic rings. The van der Waals surface area contributed by atoms with E-state index in [-0.39, 0.29) is 58.3 Å². The highest BCUT2D eigenvalue weighted by Crippen LogP contribution is 2.69. The van der Waals surface area contributed by atoms with Crippen LogP contribution in [0.5, 0.6) is 23.0 Å². The number of carbonyl (C=O) groups excluding carboxylic acids is 1. The number of aliphatic hydroxyl groups is 2. The molecule has 7 atom stereocenters. The summed E-state index contributed by atoms with van der Waals surface area (Å²) in [6.45, 7) is 0. The Morgan fingerprint density at radius 1 is 0.739 bits per heavy atom. The third kappa shape index (κ3) is 3.93. The number of hydrogen-bond donors (Lipinski definition) is 2. The van der Waals surface area contributed by atoms with Crippen LogP contribution in [0.25, 0.3) is 0 Å². The van der Waals surface area contributed by atoms with E-state index >= 15 is 0 Å². The second-order valence-electron chi connectivity index (χ2n) is 11.6. The third-order valence-electron chi connectivity index (χ3n) is 9.52. The fourth-order valence-corrected chi connectivity index (χ4v) is 7.55. The number of rotatable bonds is 7. The van der Waals surface area contributed by atoms with Gasteiger partial charge in [-0.2, -0.15) is 0 Å². The van der Waals surface area contributed by atoms with Crippen LogP contribution < -0.4 is 18.9 Å². The quantitative estimate of drug-likeness (QED) is 0.388. The maximum absolute atomic E-state index is 14.2. The van der Waals surface area contributed by atoms with E-state index in [4.69, 9.17) is 37.9 Å². The van der Waals surface area contributed by atoms with Crippen molar-refractivity contribution in [2.24, 2.45) is 0 Å². The molecule has 11 heteroatoms. The van der Waals surface area contributed by atoms with Gasteiger partial charge in [0.25, 0.3) is 5.79 Å². The molecule has 0 saturated carbocycles. The molecular formula is C35H36O11. The van der Waals surface area contributed by atoms with Crippen molar-refractivity contribution in [3.63, 3.8) is 0 Å². The monoisotopic (exact) mass is 632 g/mol. The molecule has 3 aliphatic heterocycles. The fourth-order valence-electron chi connectivity index (χ4n) is 7.55. The van der Waals surface area contributed by atoms with Crippen LogP contribution in [0.15, 0.2) is 72.0 Å². The topological polar surface area (TPSA) is 131 Å². The summed E-state index contributed by atoms with van der Waals surface area (Å²) >= 11 is 0. The van der Waals surface area contributed by atoms with Crippen molar-refractivity contribution in [1.82, 2.24) is 0 Å². The number of ketones is 1. The molecule has 11 nitrogen and oxygen atoms in total. The number of aliphatic hydroxyl groups excluding tert-OH is 2. The summed E-state index contributed by atoms with van der Waals surface area (Å²) in [6.07, 6.45) is -4.65. The van der Waals surface area contributed by atoms with Gasteiger partial charge in [0.05, 0.1) is 43.1 Å². The van der Waals surface area contributed by atoms with Gasteiger partial charge in [0.15, 0.2) is 23.4 Å². The first-order valence-corrected chi connectivity index (χ1v) is 15.0. The van der Waals surface area contributed by atoms with E-state index in [1.165, 1.54) is 35.5 Å². The standard InChI is InChI=1S/C35H36O11/c1-39-30-26-28(25-21(37)17-22(18-12-8-6-9-13-18)44-29(25)31(30)40-2)46-35(43-5)33(41-3)27(38)24-20(36)16-23(19-14-10-7-11-15-19)45-32(24)34(26,35)42-4/h6-15,20-23,33,36-37H,16-17H2,1-5H3/t20-,21-,22+,23+,33-,34?,35-/m1/s1. The van der Waals surface area contributed by atoms with E-state index in [9.17, 15) is 15.0 Å². The van der Waals surface area contributed by atoms with Crippen LogP contribution in [-0.2, 0) is 29.3 Å². The van der Waals surface area contributed by atoms with Crippen molar-refractivity contribution in [2.75, 3.05) is 35.5 Å². The number of benzene rings is 3. The van der Waals surface area contributed by atoms with E-state index < -0.39 is 47.7 Å². The molecule has 0 saturated heterocycles. The first-order chi connectivity index (χ1) is 22.3. The highest BCUT2D eigenvalue weighted by Gasteiger charge is 2.77. The summed E-state index contributed by atoms with van der Waals surface area (Å²) in [5.74, 6) is -1.98. The molecule has 3 heterocycles. The normalized spacial score (nSPS) is 31.0. The van der Waals surface area contributed by atoms with Crippen molar-refractivity contribution >= 4 is 5.78 Å². The molecule has 0 aromatic heterocycles. The van der Waals surface area contributed by atoms with E-state index in [0.29, 0.717) is 0 Å². The van der Waals surface area contributed by atoms with Gasteiger partial charge in [-0.15, -0.1) is 0 Å². The molecule has 3 aromatic carbocycles. The molecular weight excluding hydrogens is 596 g/mol. The molecule has 2 N–H and O–H groups in total. The number of methoxy groups -OCH3 is 5. The van der Waals surface area contributed by atoms with Gasteiger partial charge in [-0.3, -0.25) is 4.79 Å². The summed E-state index contributed by atoms with van der Waals surface area (Å²) in [7, 11) is 7.05. The minimum absolute atomic E-state index is 0.00446. The van der Waals surface area contributed by atoms with Gasteiger partial charge in [-0.25, -0.2) is 0 Å². The maximum atomic E-state index is 14.2. The Labute approximate surface area is 266 Å². The van der Waals surface area contributed by atoms with Gasteiger partial charge in [0.2, 0.25) is 17.1 Å². The van der Waals surface area contributed by atoms with Crippen LogP contribution in [0, 0.1) is 0 Å². The Bertz CT molecular complexity index is 1690. The number of hydrogen-bond acceptors (Lipinski definition) is 11. The van der Waals surface area contributed by atoms with Crippen molar-refractivity contribution in [3.8, 4) is 23.0 Å². The summed E-state index contributed by atoms with van der Waals surface area (Å²) in [5.41, 5.74) is 0.236. The Balaban J connectivity index is 1.52. The van der Waals surface area contributed by atoms with Crippen molar-refractivity contribution in [1.29, 1.82) is 0 Å². The largest absolute Gasteiger partial charge is 0.492 e. The van der Waals surface area contributed by atoms with E-state index in [1.807, 2.05) is 60.7 Å². The molecule has 242 valence electrons. The van der Waals surface area contributed by atoms with Gasteiger partial charge < -0.3 is 48.1 Å². The average Bonchev–Trinajstić information content (AvgIpc) is 3.39. The summed E-state index contributed by atoms with van der Waals surface area (Å²) in [4.78, 5) is 14.2. The minimum atomic E-state index is -2.03. The highest BCUT2D eigenvalue weighted by molar-refractivity contribution is 6.03. The van der Waals surface area contributed by atoms with Gasteiger partial charge >= 0.3 is 0 Å². The zero-order chi connectivity index (χ0) is 32.4. The minimum Gasteiger partial charge on any atom is -0.492 e. The summed E-state index contributed by atoms with van der Waals surface area (Å²) in [5, 5.41) is 23.4.